The Hall–Kier alpha value is -3.88. The third-order valence-corrected chi connectivity index (χ3v) is 6.63. The van der Waals surface area contributed by atoms with Gasteiger partial charge in [-0.25, -0.2) is 4.79 Å². The van der Waals surface area contributed by atoms with E-state index in [1.54, 1.807) is 20.8 Å². The van der Waals surface area contributed by atoms with E-state index in [1.165, 1.54) is 4.90 Å². The fraction of sp³-hybridized carbons (Fsp3) is 0.515. The monoisotopic (exact) mass is 580 g/mol. The van der Waals surface area contributed by atoms with Crippen molar-refractivity contribution in [1.82, 2.24) is 15.5 Å². The van der Waals surface area contributed by atoms with E-state index in [2.05, 4.69) is 17.6 Å². The third-order valence-electron chi connectivity index (χ3n) is 6.63. The molecule has 0 fully saturated rings. The molecule has 2 atom stereocenters. The molecule has 0 saturated heterocycles. The van der Waals surface area contributed by atoms with Gasteiger partial charge < -0.3 is 26.0 Å². The van der Waals surface area contributed by atoms with E-state index in [0.717, 1.165) is 36.0 Å². The summed E-state index contributed by atoms with van der Waals surface area (Å²) >= 11 is 0. The van der Waals surface area contributed by atoms with Crippen molar-refractivity contribution < 1.29 is 23.9 Å². The molecule has 0 saturated carbocycles. The first-order chi connectivity index (χ1) is 19.8. The van der Waals surface area contributed by atoms with E-state index in [0.29, 0.717) is 18.5 Å². The van der Waals surface area contributed by atoms with Gasteiger partial charge in [-0.05, 0) is 58.6 Å². The first-order valence-electron chi connectivity index (χ1n) is 14.8. The molecule has 0 heterocycles. The molecule has 0 spiro atoms. The number of benzene rings is 2. The molecule has 0 aliphatic rings. The number of hydrogen-bond donors (Lipinski definition) is 3. The summed E-state index contributed by atoms with van der Waals surface area (Å²) in [6, 6.07) is 13.3. The Morgan fingerprint density at radius 1 is 0.952 bits per heavy atom. The summed E-state index contributed by atoms with van der Waals surface area (Å²) in [6.07, 6.45) is 2.60. The molecule has 4 amide bonds. The van der Waals surface area contributed by atoms with Crippen LogP contribution in [-0.2, 0) is 25.7 Å². The first-order valence-corrected chi connectivity index (χ1v) is 14.8. The molecule has 0 aliphatic carbocycles. The largest absolute Gasteiger partial charge is 0.444 e. The van der Waals surface area contributed by atoms with Gasteiger partial charge in [0.05, 0.1) is 0 Å². The summed E-state index contributed by atoms with van der Waals surface area (Å²) in [5.74, 6) is -1.41. The number of carbonyl (C=O) groups is 4. The van der Waals surface area contributed by atoms with Gasteiger partial charge in [0, 0.05) is 19.5 Å². The van der Waals surface area contributed by atoms with Gasteiger partial charge in [-0.1, -0.05) is 85.8 Å². The van der Waals surface area contributed by atoms with Crippen molar-refractivity contribution in [3.63, 3.8) is 0 Å². The summed E-state index contributed by atoms with van der Waals surface area (Å²) in [6.45, 7) is 11.7. The van der Waals surface area contributed by atoms with Gasteiger partial charge in [-0.15, -0.1) is 0 Å². The van der Waals surface area contributed by atoms with Gasteiger partial charge in [0.2, 0.25) is 17.7 Å². The standard InChI is InChI=1S/C33H48N4O5/c1-7-8-9-13-18-37(31(40)27(16-17-28(34)38)36-32(41)42-33(4,5)6)29(26-20-23(2)19-24(3)21-26)30(39)35-22-25-14-11-10-12-15-25/h10-12,14-15,19-21,27,29H,7-9,13,16-18,22H2,1-6H3,(H2,34,38)(H,35,39)(H,36,41). The number of unbranched alkanes of at least 4 members (excludes halogenated alkanes) is 3. The number of nitrogens with two attached hydrogens (primary N) is 1. The fourth-order valence-electron chi connectivity index (χ4n) is 4.79. The van der Waals surface area contributed by atoms with Gasteiger partial charge in [-0.2, -0.15) is 0 Å². The van der Waals surface area contributed by atoms with E-state index in [-0.39, 0.29) is 25.3 Å². The van der Waals surface area contributed by atoms with Crippen molar-refractivity contribution in [3.8, 4) is 0 Å². The molecule has 9 nitrogen and oxygen atoms in total. The zero-order valence-electron chi connectivity index (χ0n) is 26.0. The fourth-order valence-corrected chi connectivity index (χ4v) is 4.79. The lowest BCUT2D eigenvalue weighted by Crippen LogP contribution is -2.53. The minimum Gasteiger partial charge on any atom is -0.444 e. The summed E-state index contributed by atoms with van der Waals surface area (Å²) in [7, 11) is 0. The number of nitrogens with zero attached hydrogens (tertiary/aromatic N) is 1. The molecule has 2 aromatic carbocycles. The highest BCUT2D eigenvalue weighted by atomic mass is 16.6. The molecule has 2 unspecified atom stereocenters. The number of ether oxygens (including phenoxy) is 1. The van der Waals surface area contributed by atoms with Gasteiger partial charge in [0.15, 0.2) is 0 Å². The van der Waals surface area contributed by atoms with Crippen molar-refractivity contribution in [3.05, 3.63) is 70.8 Å². The Balaban J connectivity index is 2.53. The molecular formula is C33H48N4O5. The number of rotatable bonds is 15. The number of alkyl carbamates (subject to hydrolysis) is 1. The van der Waals surface area contributed by atoms with E-state index in [4.69, 9.17) is 10.5 Å². The zero-order chi connectivity index (χ0) is 31.3. The lowest BCUT2D eigenvalue weighted by atomic mass is 9.97. The van der Waals surface area contributed by atoms with Crippen LogP contribution >= 0.6 is 0 Å². The molecular weight excluding hydrogens is 532 g/mol. The van der Waals surface area contributed by atoms with Crippen molar-refractivity contribution in [2.45, 2.75) is 104 Å². The van der Waals surface area contributed by atoms with Crippen molar-refractivity contribution >= 4 is 23.8 Å². The molecule has 0 bridgehead atoms. The Morgan fingerprint density at radius 3 is 2.17 bits per heavy atom. The summed E-state index contributed by atoms with van der Waals surface area (Å²) < 4.78 is 5.41. The van der Waals surface area contributed by atoms with Crippen LogP contribution in [0.4, 0.5) is 4.79 Å². The molecule has 0 aromatic heterocycles. The van der Waals surface area contributed by atoms with Crippen molar-refractivity contribution in [2.24, 2.45) is 5.73 Å². The van der Waals surface area contributed by atoms with Gasteiger partial charge in [0.1, 0.15) is 17.7 Å². The Morgan fingerprint density at radius 2 is 1.60 bits per heavy atom. The third kappa shape index (κ3) is 11.9. The lowest BCUT2D eigenvalue weighted by Gasteiger charge is -2.35. The molecule has 0 aliphatic heterocycles. The first kappa shape index (κ1) is 34.3. The van der Waals surface area contributed by atoms with Crippen LogP contribution in [0, 0.1) is 13.8 Å². The molecule has 2 aromatic rings. The van der Waals surface area contributed by atoms with E-state index >= 15 is 0 Å². The van der Waals surface area contributed by atoms with Crippen molar-refractivity contribution in [1.29, 1.82) is 0 Å². The topological polar surface area (TPSA) is 131 Å². The second kappa shape index (κ2) is 16.5. The highest BCUT2D eigenvalue weighted by Gasteiger charge is 2.36. The number of carbonyl (C=O) groups excluding carboxylic acids is 4. The minimum absolute atomic E-state index is 0.0237. The molecule has 9 heteroatoms. The van der Waals surface area contributed by atoms with Gasteiger partial charge >= 0.3 is 6.09 Å². The average Bonchev–Trinajstić information content (AvgIpc) is 2.90. The van der Waals surface area contributed by atoms with Crippen LogP contribution in [0.15, 0.2) is 48.5 Å². The normalized spacial score (nSPS) is 12.6. The van der Waals surface area contributed by atoms with Crippen LogP contribution in [0.1, 0.15) is 94.5 Å². The predicted molar refractivity (Wildman–Crippen MR) is 164 cm³/mol. The highest BCUT2D eigenvalue weighted by Crippen LogP contribution is 2.26. The second-order valence-corrected chi connectivity index (χ2v) is 11.8. The second-order valence-electron chi connectivity index (χ2n) is 11.8. The maximum atomic E-state index is 14.3. The number of nitrogens with one attached hydrogen (secondary N) is 2. The SMILES string of the molecule is CCCCCCN(C(=O)C(CCC(N)=O)NC(=O)OC(C)(C)C)C(C(=O)NCc1ccccc1)c1cc(C)cc(C)c1. The van der Waals surface area contributed by atoms with Crippen LogP contribution in [-0.4, -0.2) is 46.9 Å². The number of hydrogen-bond acceptors (Lipinski definition) is 5. The minimum atomic E-state index is -1.12. The lowest BCUT2D eigenvalue weighted by molar-refractivity contribution is -0.143. The van der Waals surface area contributed by atoms with E-state index in [1.807, 2.05) is 62.4 Å². The highest BCUT2D eigenvalue weighted by molar-refractivity contribution is 5.92. The van der Waals surface area contributed by atoms with E-state index in [9.17, 15) is 19.2 Å². The van der Waals surface area contributed by atoms with Crippen molar-refractivity contribution in [2.75, 3.05) is 6.54 Å². The van der Waals surface area contributed by atoms with Crippen LogP contribution in [0.2, 0.25) is 0 Å². The Kier molecular flexibility index (Phi) is 13.5. The average molecular weight is 581 g/mol. The van der Waals surface area contributed by atoms with Crippen LogP contribution in [0.5, 0.6) is 0 Å². The molecule has 2 rings (SSSR count). The molecule has 230 valence electrons. The number of aryl methyl sites for hydroxylation is 2. The maximum Gasteiger partial charge on any atom is 0.408 e. The number of amides is 4. The van der Waals surface area contributed by atoms with Gasteiger partial charge in [-0.3, -0.25) is 14.4 Å². The quantitative estimate of drug-likeness (QED) is 0.248. The molecule has 42 heavy (non-hydrogen) atoms. The van der Waals surface area contributed by atoms with Crippen LogP contribution < -0.4 is 16.4 Å². The predicted octanol–water partition coefficient (Wildman–Crippen LogP) is 5.23. The van der Waals surface area contributed by atoms with Crippen LogP contribution in [0.3, 0.4) is 0 Å². The summed E-state index contributed by atoms with van der Waals surface area (Å²) in [4.78, 5) is 54.3. The van der Waals surface area contributed by atoms with Crippen LogP contribution in [0.25, 0.3) is 0 Å². The maximum absolute atomic E-state index is 14.3. The summed E-state index contributed by atoms with van der Waals surface area (Å²) in [5, 5.41) is 5.66. The molecule has 0 radical (unpaired) electrons. The van der Waals surface area contributed by atoms with E-state index < -0.39 is 35.6 Å². The smallest absolute Gasteiger partial charge is 0.408 e. The Bertz CT molecular complexity index is 1170. The number of primary amides is 1. The summed E-state index contributed by atoms with van der Waals surface area (Å²) in [5.41, 5.74) is 8.15. The molecule has 4 N–H and O–H groups in total. The zero-order valence-corrected chi connectivity index (χ0v) is 26.0. The van der Waals surface area contributed by atoms with Gasteiger partial charge in [0.25, 0.3) is 0 Å². The Labute approximate surface area is 250 Å².